The molecule has 0 radical (unpaired) electrons. The molecule has 1 saturated heterocycles. The van der Waals surface area contributed by atoms with E-state index in [1.807, 2.05) is 27.0 Å². The molecule has 1 saturated carbocycles. The average Bonchev–Trinajstić information content (AvgIpc) is 3.68. The van der Waals surface area contributed by atoms with Gasteiger partial charge in [-0.05, 0) is 85.7 Å². The van der Waals surface area contributed by atoms with Gasteiger partial charge in [0.15, 0.2) is 0 Å². The van der Waals surface area contributed by atoms with Crippen molar-refractivity contribution in [1.29, 1.82) is 0 Å². The predicted octanol–water partition coefficient (Wildman–Crippen LogP) is 8.45. The highest BCUT2D eigenvalue weighted by Gasteiger charge is 2.44. The van der Waals surface area contributed by atoms with Crippen LogP contribution in [-0.2, 0) is 0 Å². The summed E-state index contributed by atoms with van der Waals surface area (Å²) in [6, 6.07) is 12.7. The maximum atomic E-state index is 14.6. The van der Waals surface area contributed by atoms with Gasteiger partial charge >= 0.3 is 0 Å². The average molecular weight is 514 g/mol. The fraction of sp³-hybridized carbons (Fsp3) is 0.375. The summed E-state index contributed by atoms with van der Waals surface area (Å²) in [6.07, 6.45) is 9.35. The zero-order valence-electron chi connectivity index (χ0n) is 22.2. The molecule has 0 amide bonds. The third-order valence-corrected chi connectivity index (χ3v) is 8.18. The van der Waals surface area contributed by atoms with Crippen LogP contribution in [0.4, 0.5) is 14.5 Å². The van der Waals surface area contributed by atoms with E-state index in [0.29, 0.717) is 11.6 Å². The molecule has 2 fully saturated rings. The minimum absolute atomic E-state index is 0.0826. The second-order valence-corrected chi connectivity index (χ2v) is 10.7. The first kappa shape index (κ1) is 24.8. The fourth-order valence-corrected chi connectivity index (χ4v) is 5.98. The van der Waals surface area contributed by atoms with Gasteiger partial charge in [-0.25, -0.2) is 8.78 Å². The standard InChI is InChI=1S/C30H27F2N3O.C2H6/c1-18-13-20-7-8-23(14-21(20)17-33-18)35-11-9-30(10-12-35)15-22(16-30)26-28(34-36-29(26)19-5-6-19)27-24(31)3-2-4-25(27)32;1-2/h2-4,7-8,13-15,17,19H,5-6,9-12,16H2,1H3;1-2H3. The minimum Gasteiger partial charge on any atom is -0.371 e. The van der Waals surface area contributed by atoms with Crippen LogP contribution < -0.4 is 4.90 Å². The van der Waals surface area contributed by atoms with E-state index in [4.69, 9.17) is 4.52 Å². The summed E-state index contributed by atoms with van der Waals surface area (Å²) < 4.78 is 35.0. The van der Waals surface area contributed by atoms with Crippen LogP contribution in [0.25, 0.3) is 27.6 Å². The van der Waals surface area contributed by atoms with E-state index in [2.05, 4.69) is 45.4 Å². The van der Waals surface area contributed by atoms with Gasteiger partial charge in [0.2, 0.25) is 0 Å². The van der Waals surface area contributed by atoms with Gasteiger partial charge in [-0.2, -0.15) is 0 Å². The minimum atomic E-state index is -0.601. The van der Waals surface area contributed by atoms with Gasteiger partial charge in [-0.15, -0.1) is 0 Å². The number of piperidine rings is 1. The first-order valence-electron chi connectivity index (χ1n) is 13.8. The van der Waals surface area contributed by atoms with Crippen LogP contribution in [0, 0.1) is 24.0 Å². The zero-order chi connectivity index (χ0) is 26.4. The first-order valence-corrected chi connectivity index (χ1v) is 13.8. The highest BCUT2D eigenvalue weighted by molar-refractivity contribution is 5.86. The van der Waals surface area contributed by atoms with Crippen molar-refractivity contribution in [3.63, 3.8) is 0 Å². The van der Waals surface area contributed by atoms with E-state index in [0.717, 1.165) is 73.2 Å². The van der Waals surface area contributed by atoms with E-state index in [1.165, 1.54) is 29.3 Å². The van der Waals surface area contributed by atoms with Gasteiger partial charge in [0, 0.05) is 47.5 Å². The molecule has 196 valence electrons. The number of hydrogen-bond acceptors (Lipinski definition) is 4. The number of fused-ring (bicyclic) bond motifs is 1. The number of aromatic nitrogens is 2. The summed E-state index contributed by atoms with van der Waals surface area (Å²) in [7, 11) is 0. The molecule has 2 aromatic heterocycles. The monoisotopic (exact) mass is 513 g/mol. The molecule has 0 bridgehead atoms. The van der Waals surface area contributed by atoms with Gasteiger partial charge in [0.25, 0.3) is 0 Å². The van der Waals surface area contributed by atoms with E-state index in [9.17, 15) is 8.78 Å². The molecule has 0 unspecified atom stereocenters. The lowest BCUT2D eigenvalue weighted by Gasteiger charge is -2.47. The molecule has 2 aromatic carbocycles. The Kier molecular flexibility index (Phi) is 6.29. The number of pyridine rings is 1. The number of nitrogens with zero attached hydrogens (tertiary/aromatic N) is 3. The van der Waals surface area contributed by atoms with Crippen molar-refractivity contribution in [2.75, 3.05) is 18.0 Å². The van der Waals surface area contributed by atoms with Crippen molar-refractivity contribution in [3.05, 3.63) is 83.4 Å². The number of halogens is 2. The van der Waals surface area contributed by atoms with Crippen LogP contribution in [0.3, 0.4) is 0 Å². The van der Waals surface area contributed by atoms with Crippen LogP contribution in [0.1, 0.15) is 68.9 Å². The number of hydrogen-bond donors (Lipinski definition) is 0. The van der Waals surface area contributed by atoms with Crippen LogP contribution in [0.5, 0.6) is 0 Å². The molecular weight excluding hydrogens is 480 g/mol. The Morgan fingerprint density at radius 2 is 1.66 bits per heavy atom. The number of anilines is 1. The highest BCUT2D eigenvalue weighted by atomic mass is 19.1. The van der Waals surface area contributed by atoms with Crippen molar-refractivity contribution in [2.45, 2.75) is 58.8 Å². The van der Waals surface area contributed by atoms with E-state index in [1.54, 1.807) is 0 Å². The number of benzene rings is 2. The Morgan fingerprint density at radius 1 is 0.947 bits per heavy atom. The lowest BCUT2D eigenvalue weighted by atomic mass is 9.63. The van der Waals surface area contributed by atoms with Gasteiger partial charge in [0.1, 0.15) is 23.1 Å². The zero-order valence-corrected chi connectivity index (χ0v) is 22.2. The quantitative estimate of drug-likeness (QED) is 0.275. The van der Waals surface area contributed by atoms with Crippen LogP contribution in [0.2, 0.25) is 0 Å². The third kappa shape index (κ3) is 4.30. The maximum Gasteiger partial charge on any atom is 0.147 e. The molecule has 0 N–H and O–H groups in total. The lowest BCUT2D eigenvalue weighted by Crippen LogP contribution is -2.42. The summed E-state index contributed by atoms with van der Waals surface area (Å²) in [5, 5.41) is 6.56. The van der Waals surface area contributed by atoms with Crippen LogP contribution in [0.15, 0.2) is 59.3 Å². The molecule has 2 aliphatic carbocycles. The van der Waals surface area contributed by atoms with Crippen molar-refractivity contribution >= 4 is 22.0 Å². The summed E-state index contributed by atoms with van der Waals surface area (Å²) in [5.41, 5.74) is 4.57. The van der Waals surface area contributed by atoms with E-state index < -0.39 is 11.6 Å². The fourth-order valence-electron chi connectivity index (χ4n) is 5.98. The molecule has 7 rings (SSSR count). The maximum absolute atomic E-state index is 14.6. The normalized spacial score (nSPS) is 18.1. The van der Waals surface area contributed by atoms with Crippen molar-refractivity contribution in [2.24, 2.45) is 5.41 Å². The second-order valence-electron chi connectivity index (χ2n) is 10.7. The Morgan fingerprint density at radius 3 is 2.34 bits per heavy atom. The SMILES string of the molecule is CC.Cc1cc2ccc(N3CCC4(C=C(c5c(-c6c(F)cccc6F)noc5C5CC5)C4)CC3)cc2cn1. The molecular formula is C32H33F2N3O. The summed E-state index contributed by atoms with van der Waals surface area (Å²) in [4.78, 5) is 6.90. The van der Waals surface area contributed by atoms with Gasteiger partial charge in [-0.1, -0.05) is 37.2 Å². The largest absolute Gasteiger partial charge is 0.371 e. The molecule has 6 heteroatoms. The van der Waals surface area contributed by atoms with E-state index in [-0.39, 0.29) is 11.0 Å². The molecule has 3 heterocycles. The summed E-state index contributed by atoms with van der Waals surface area (Å²) in [5.74, 6) is -0.0982. The molecule has 0 atom stereocenters. The van der Waals surface area contributed by atoms with Crippen molar-refractivity contribution < 1.29 is 13.3 Å². The lowest BCUT2D eigenvalue weighted by molar-refractivity contribution is 0.277. The molecule has 1 aliphatic heterocycles. The smallest absolute Gasteiger partial charge is 0.147 e. The first-order chi connectivity index (χ1) is 18.5. The topological polar surface area (TPSA) is 42.2 Å². The summed E-state index contributed by atoms with van der Waals surface area (Å²) >= 11 is 0. The van der Waals surface area contributed by atoms with Gasteiger partial charge in [-0.3, -0.25) is 4.98 Å². The van der Waals surface area contributed by atoms with Crippen LogP contribution in [-0.4, -0.2) is 23.2 Å². The second kappa shape index (κ2) is 9.64. The summed E-state index contributed by atoms with van der Waals surface area (Å²) in [6.45, 7) is 7.96. The predicted molar refractivity (Wildman–Crippen MR) is 148 cm³/mol. The Balaban J connectivity index is 0.00000129. The molecule has 1 spiro atoms. The van der Waals surface area contributed by atoms with Gasteiger partial charge < -0.3 is 9.42 Å². The number of rotatable bonds is 4. The molecule has 38 heavy (non-hydrogen) atoms. The third-order valence-electron chi connectivity index (χ3n) is 8.18. The number of allylic oxidation sites excluding steroid dienone is 2. The molecule has 3 aliphatic rings. The van der Waals surface area contributed by atoms with Crippen molar-refractivity contribution in [1.82, 2.24) is 10.1 Å². The van der Waals surface area contributed by atoms with Crippen LogP contribution >= 0.6 is 0 Å². The molecule has 4 nitrogen and oxygen atoms in total. The Bertz CT molecular complexity index is 1510. The van der Waals surface area contributed by atoms with Gasteiger partial charge in [0.05, 0.1) is 5.56 Å². The highest BCUT2D eigenvalue weighted by Crippen LogP contribution is 2.56. The van der Waals surface area contributed by atoms with E-state index >= 15 is 0 Å². The number of aryl methyl sites for hydroxylation is 1. The Hall–Kier alpha value is -3.54. The Labute approximate surface area is 222 Å². The van der Waals surface area contributed by atoms with Crippen molar-refractivity contribution in [3.8, 4) is 11.3 Å². The molecule has 4 aromatic rings.